The summed E-state index contributed by atoms with van der Waals surface area (Å²) >= 11 is 0. The molecule has 4 heteroatoms. The molecule has 1 unspecified atom stereocenters. The van der Waals surface area contributed by atoms with Crippen LogP contribution in [0, 0.1) is 0 Å². The number of nitrogens with zero attached hydrogens (tertiary/aromatic N) is 1. The summed E-state index contributed by atoms with van der Waals surface area (Å²) in [5.41, 5.74) is 0. The zero-order chi connectivity index (χ0) is 11.8. The molecule has 0 aromatic heterocycles. The maximum absolute atomic E-state index is 10.4. The number of aliphatic carboxylic acids is 1. The van der Waals surface area contributed by atoms with Crippen LogP contribution in [0.15, 0.2) is 0 Å². The van der Waals surface area contributed by atoms with Crippen molar-refractivity contribution in [1.29, 1.82) is 0 Å². The Hall–Kier alpha value is -0.610. The van der Waals surface area contributed by atoms with Gasteiger partial charge in [0, 0.05) is 12.5 Å². The molecule has 0 bridgehead atoms. The summed E-state index contributed by atoms with van der Waals surface area (Å²) in [5.74, 6) is -0.703. The van der Waals surface area contributed by atoms with E-state index in [2.05, 4.69) is 17.1 Å². The predicted octanol–water partition coefficient (Wildman–Crippen LogP) is 1.32. The van der Waals surface area contributed by atoms with E-state index in [1.807, 2.05) is 0 Å². The zero-order valence-electron chi connectivity index (χ0n) is 10.2. The molecule has 1 heterocycles. The molecule has 2 N–H and O–H groups in total. The lowest BCUT2D eigenvalue weighted by atomic mass is 10.2. The number of carboxylic acids is 1. The van der Waals surface area contributed by atoms with Crippen LogP contribution >= 0.6 is 0 Å². The number of likely N-dealkylation sites (tertiary alicyclic amines) is 1. The molecule has 0 aromatic rings. The number of hydrogen-bond donors (Lipinski definition) is 2. The van der Waals surface area contributed by atoms with Crippen molar-refractivity contribution in [3.05, 3.63) is 0 Å². The molecule has 0 saturated carbocycles. The number of rotatable bonds is 8. The van der Waals surface area contributed by atoms with Crippen molar-refractivity contribution in [3.63, 3.8) is 0 Å². The lowest BCUT2D eigenvalue weighted by Crippen LogP contribution is -2.30. The van der Waals surface area contributed by atoms with Crippen molar-refractivity contribution >= 4 is 5.97 Å². The van der Waals surface area contributed by atoms with Gasteiger partial charge in [-0.25, -0.2) is 0 Å². The van der Waals surface area contributed by atoms with E-state index in [0.717, 1.165) is 19.4 Å². The van der Waals surface area contributed by atoms with Gasteiger partial charge >= 0.3 is 5.97 Å². The smallest absolute Gasteiger partial charge is 0.303 e. The molecule has 1 fully saturated rings. The fourth-order valence-corrected chi connectivity index (χ4v) is 2.10. The predicted molar refractivity (Wildman–Crippen MR) is 64.6 cm³/mol. The van der Waals surface area contributed by atoms with Crippen molar-refractivity contribution < 1.29 is 9.90 Å². The van der Waals surface area contributed by atoms with Crippen LogP contribution in [-0.4, -0.2) is 48.2 Å². The second kappa shape index (κ2) is 7.63. The third kappa shape index (κ3) is 6.08. The van der Waals surface area contributed by atoms with E-state index >= 15 is 0 Å². The quantitative estimate of drug-likeness (QED) is 0.615. The minimum Gasteiger partial charge on any atom is -0.481 e. The van der Waals surface area contributed by atoms with E-state index in [1.54, 1.807) is 0 Å². The summed E-state index contributed by atoms with van der Waals surface area (Å²) in [7, 11) is 0. The third-order valence-electron chi connectivity index (χ3n) is 3.13. The monoisotopic (exact) mass is 228 g/mol. The number of hydrogen-bond acceptors (Lipinski definition) is 3. The van der Waals surface area contributed by atoms with Gasteiger partial charge in [-0.3, -0.25) is 4.79 Å². The van der Waals surface area contributed by atoms with Crippen LogP contribution in [0.25, 0.3) is 0 Å². The molecule has 1 aliphatic rings. The zero-order valence-corrected chi connectivity index (χ0v) is 10.2. The molecule has 0 amide bonds. The summed E-state index contributed by atoms with van der Waals surface area (Å²) in [4.78, 5) is 12.9. The second-order valence-electron chi connectivity index (χ2n) is 4.69. The molecular formula is C12H24N2O2. The van der Waals surface area contributed by atoms with Crippen molar-refractivity contribution in [1.82, 2.24) is 10.2 Å². The summed E-state index contributed by atoms with van der Waals surface area (Å²) in [6.45, 7) is 6.75. The summed E-state index contributed by atoms with van der Waals surface area (Å²) in [6.07, 6.45) is 4.85. The molecule has 0 radical (unpaired) electrons. The third-order valence-corrected chi connectivity index (χ3v) is 3.13. The van der Waals surface area contributed by atoms with Gasteiger partial charge < -0.3 is 15.3 Å². The van der Waals surface area contributed by atoms with Crippen LogP contribution in [0.1, 0.15) is 39.0 Å². The fourth-order valence-electron chi connectivity index (χ4n) is 2.10. The number of carbonyl (C=O) groups is 1. The van der Waals surface area contributed by atoms with Crippen LogP contribution in [0.2, 0.25) is 0 Å². The van der Waals surface area contributed by atoms with Crippen molar-refractivity contribution in [2.45, 2.75) is 45.1 Å². The first-order chi connectivity index (χ1) is 7.68. The van der Waals surface area contributed by atoms with E-state index in [4.69, 9.17) is 5.11 Å². The Morgan fingerprint density at radius 3 is 2.75 bits per heavy atom. The highest BCUT2D eigenvalue weighted by Crippen LogP contribution is 2.07. The van der Waals surface area contributed by atoms with Gasteiger partial charge in [-0.1, -0.05) is 0 Å². The molecule has 16 heavy (non-hydrogen) atoms. The first kappa shape index (κ1) is 13.5. The molecule has 4 nitrogen and oxygen atoms in total. The Bertz CT molecular complexity index is 203. The van der Waals surface area contributed by atoms with Crippen LogP contribution in [0.3, 0.4) is 0 Å². The van der Waals surface area contributed by atoms with Crippen LogP contribution in [-0.2, 0) is 4.79 Å². The topological polar surface area (TPSA) is 52.6 Å². The molecule has 1 saturated heterocycles. The SMILES string of the molecule is CC(CCC(=O)O)NCCCN1CCCC1. The summed E-state index contributed by atoms with van der Waals surface area (Å²) in [6, 6.07) is 0.315. The maximum atomic E-state index is 10.4. The van der Waals surface area contributed by atoms with Gasteiger partial charge in [0.25, 0.3) is 0 Å². The first-order valence-corrected chi connectivity index (χ1v) is 6.36. The Kier molecular flexibility index (Phi) is 6.42. The van der Waals surface area contributed by atoms with Gasteiger partial charge in [-0.05, 0) is 58.8 Å². The lowest BCUT2D eigenvalue weighted by Gasteiger charge is -2.16. The largest absolute Gasteiger partial charge is 0.481 e. The molecule has 0 aromatic carbocycles. The van der Waals surface area contributed by atoms with E-state index in [1.165, 1.54) is 32.5 Å². The van der Waals surface area contributed by atoms with Gasteiger partial charge in [-0.15, -0.1) is 0 Å². The van der Waals surface area contributed by atoms with Crippen LogP contribution in [0.4, 0.5) is 0 Å². The number of carboxylic acid groups (broad SMARTS) is 1. The standard InChI is InChI=1S/C12H24N2O2/c1-11(5-6-12(15)16)13-7-4-10-14-8-2-3-9-14/h11,13H,2-10H2,1H3,(H,15,16). The van der Waals surface area contributed by atoms with E-state index in [9.17, 15) is 4.79 Å². The van der Waals surface area contributed by atoms with Crippen molar-refractivity contribution in [3.8, 4) is 0 Å². The molecule has 1 aliphatic heterocycles. The fraction of sp³-hybridized carbons (Fsp3) is 0.917. The minimum atomic E-state index is -0.703. The highest BCUT2D eigenvalue weighted by Gasteiger charge is 2.10. The molecule has 0 spiro atoms. The van der Waals surface area contributed by atoms with Gasteiger partial charge in [0.2, 0.25) is 0 Å². The minimum absolute atomic E-state index is 0.264. The maximum Gasteiger partial charge on any atom is 0.303 e. The van der Waals surface area contributed by atoms with Crippen molar-refractivity contribution in [2.75, 3.05) is 26.2 Å². The molecule has 1 rings (SSSR count). The Morgan fingerprint density at radius 2 is 2.12 bits per heavy atom. The average Bonchev–Trinajstić information content (AvgIpc) is 2.74. The van der Waals surface area contributed by atoms with E-state index in [-0.39, 0.29) is 6.42 Å². The molecule has 1 atom stereocenters. The van der Waals surface area contributed by atoms with Crippen molar-refractivity contribution in [2.24, 2.45) is 0 Å². The van der Waals surface area contributed by atoms with Gasteiger partial charge in [0.05, 0.1) is 0 Å². The van der Waals surface area contributed by atoms with Gasteiger partial charge in [-0.2, -0.15) is 0 Å². The lowest BCUT2D eigenvalue weighted by molar-refractivity contribution is -0.137. The van der Waals surface area contributed by atoms with E-state index in [0.29, 0.717) is 6.04 Å². The first-order valence-electron chi connectivity index (χ1n) is 6.36. The Labute approximate surface area is 98.0 Å². The van der Waals surface area contributed by atoms with E-state index < -0.39 is 5.97 Å². The highest BCUT2D eigenvalue weighted by atomic mass is 16.4. The second-order valence-corrected chi connectivity index (χ2v) is 4.69. The Balaban J connectivity index is 1.91. The molecule has 94 valence electrons. The Morgan fingerprint density at radius 1 is 1.44 bits per heavy atom. The van der Waals surface area contributed by atoms with Crippen LogP contribution < -0.4 is 5.32 Å². The summed E-state index contributed by atoms with van der Waals surface area (Å²) in [5, 5.41) is 11.9. The molecule has 0 aliphatic carbocycles. The van der Waals surface area contributed by atoms with Gasteiger partial charge in [0.1, 0.15) is 0 Å². The molecular weight excluding hydrogens is 204 g/mol. The van der Waals surface area contributed by atoms with Crippen LogP contribution in [0.5, 0.6) is 0 Å². The normalized spacial score (nSPS) is 18.8. The van der Waals surface area contributed by atoms with Gasteiger partial charge in [0.15, 0.2) is 0 Å². The average molecular weight is 228 g/mol. The summed E-state index contributed by atoms with van der Waals surface area (Å²) < 4.78 is 0. The highest BCUT2D eigenvalue weighted by molar-refractivity contribution is 5.66. The number of nitrogens with one attached hydrogen (secondary N) is 1.